The molecule has 3 unspecified atom stereocenters. The van der Waals surface area contributed by atoms with Gasteiger partial charge in [-0.2, -0.15) is 5.10 Å². The average molecular weight is 371 g/mol. The molecule has 0 spiro atoms. The van der Waals surface area contributed by atoms with Crippen molar-refractivity contribution < 1.29 is 4.79 Å². The highest BCUT2D eigenvalue weighted by molar-refractivity contribution is 5.83. The molecule has 0 aromatic carbocycles. The molecular formula is C22H34N4O. The van der Waals surface area contributed by atoms with Crippen LogP contribution < -0.4 is 0 Å². The van der Waals surface area contributed by atoms with E-state index in [-0.39, 0.29) is 11.3 Å². The molecule has 1 aromatic heterocycles. The lowest BCUT2D eigenvalue weighted by atomic mass is 9.58. The molecule has 5 fully saturated rings. The second-order valence-electron chi connectivity index (χ2n) is 9.69. The number of rotatable bonds is 4. The summed E-state index contributed by atoms with van der Waals surface area (Å²) < 4.78 is 2.30. The lowest BCUT2D eigenvalue weighted by Crippen LogP contribution is -2.55. The van der Waals surface area contributed by atoms with Crippen LogP contribution in [0.2, 0.25) is 0 Å². The van der Waals surface area contributed by atoms with Gasteiger partial charge in [0.05, 0.1) is 12.0 Å². The zero-order chi connectivity index (χ0) is 18.6. The van der Waals surface area contributed by atoms with Gasteiger partial charge in [-0.3, -0.25) is 14.4 Å². The van der Waals surface area contributed by atoms with Crippen LogP contribution in [0.15, 0.2) is 12.3 Å². The summed E-state index contributed by atoms with van der Waals surface area (Å²) >= 11 is 0. The standard InChI is InChI=1S/C22H34N4O/c1-16(2)24-11-4-12-25(14-13-24)21(27)20-17-7-9-22(20,15-17)19-8-10-23-26(19)18-5-3-6-18/h8,10,16-18,20H,3-7,9,11-15H2,1-2H3. The summed E-state index contributed by atoms with van der Waals surface area (Å²) in [5.74, 6) is 1.25. The minimum absolute atomic E-state index is 0.0812. The van der Waals surface area contributed by atoms with Gasteiger partial charge < -0.3 is 4.90 Å². The second kappa shape index (κ2) is 6.61. The van der Waals surface area contributed by atoms with Crippen LogP contribution in [-0.4, -0.2) is 57.7 Å². The van der Waals surface area contributed by atoms with Crippen LogP contribution in [0.4, 0.5) is 0 Å². The summed E-state index contributed by atoms with van der Waals surface area (Å²) in [5.41, 5.74) is 1.45. The Morgan fingerprint density at radius 3 is 2.70 bits per heavy atom. The van der Waals surface area contributed by atoms with Crippen molar-refractivity contribution in [3.8, 4) is 0 Å². The number of carbonyl (C=O) groups is 1. The number of aromatic nitrogens is 2. The fourth-order valence-corrected chi connectivity index (χ4v) is 6.30. The van der Waals surface area contributed by atoms with E-state index in [1.165, 1.54) is 44.2 Å². The van der Waals surface area contributed by atoms with Crippen LogP contribution in [0.1, 0.15) is 70.5 Å². The van der Waals surface area contributed by atoms with Crippen LogP contribution in [0.3, 0.4) is 0 Å². The highest BCUT2D eigenvalue weighted by Crippen LogP contribution is 2.64. The van der Waals surface area contributed by atoms with E-state index < -0.39 is 0 Å². The highest BCUT2D eigenvalue weighted by Gasteiger charge is 2.64. The molecule has 1 amide bonds. The molecule has 5 nitrogen and oxygen atoms in total. The highest BCUT2D eigenvalue weighted by atomic mass is 16.2. The maximum atomic E-state index is 13.6. The van der Waals surface area contributed by atoms with Gasteiger partial charge in [0.15, 0.2) is 0 Å². The first-order valence-corrected chi connectivity index (χ1v) is 11.2. The second-order valence-corrected chi connectivity index (χ2v) is 9.69. The molecule has 5 aliphatic rings. The van der Waals surface area contributed by atoms with Gasteiger partial charge in [-0.25, -0.2) is 0 Å². The third-order valence-electron chi connectivity index (χ3n) is 8.09. The summed E-state index contributed by atoms with van der Waals surface area (Å²) in [5, 5.41) is 4.69. The fraction of sp³-hybridized carbons (Fsp3) is 0.818. The molecule has 148 valence electrons. The minimum Gasteiger partial charge on any atom is -0.341 e. The molecule has 3 atom stereocenters. The number of carbonyl (C=O) groups excluding carboxylic acids is 1. The van der Waals surface area contributed by atoms with Crippen molar-refractivity contribution in [2.75, 3.05) is 26.2 Å². The number of fused-ring (bicyclic) bond motifs is 1. The van der Waals surface area contributed by atoms with Gasteiger partial charge in [0.25, 0.3) is 0 Å². The number of hydrogen-bond donors (Lipinski definition) is 0. The molecule has 27 heavy (non-hydrogen) atoms. The molecule has 2 heterocycles. The largest absolute Gasteiger partial charge is 0.341 e. The SMILES string of the molecule is CC(C)N1CCCN(C(=O)C2C3CCC2(c2ccnn2C2CCC2)C3)CC1. The van der Waals surface area contributed by atoms with E-state index in [4.69, 9.17) is 0 Å². The van der Waals surface area contributed by atoms with E-state index in [1.54, 1.807) is 0 Å². The van der Waals surface area contributed by atoms with Crippen LogP contribution >= 0.6 is 0 Å². The van der Waals surface area contributed by atoms with E-state index in [2.05, 4.69) is 39.5 Å². The molecule has 0 N–H and O–H groups in total. The molecule has 5 heteroatoms. The third-order valence-corrected chi connectivity index (χ3v) is 8.09. The van der Waals surface area contributed by atoms with Gasteiger partial charge in [-0.1, -0.05) is 0 Å². The maximum Gasteiger partial charge on any atom is 0.226 e. The van der Waals surface area contributed by atoms with Gasteiger partial charge in [-0.15, -0.1) is 0 Å². The average Bonchev–Trinajstić information content (AvgIpc) is 3.24. The predicted molar refractivity (Wildman–Crippen MR) is 106 cm³/mol. The van der Waals surface area contributed by atoms with Gasteiger partial charge in [0.2, 0.25) is 5.91 Å². The summed E-state index contributed by atoms with van der Waals surface area (Å²) in [6.45, 7) is 8.50. The topological polar surface area (TPSA) is 41.4 Å². The Kier molecular flexibility index (Phi) is 4.34. The smallest absolute Gasteiger partial charge is 0.226 e. The normalized spacial score (nSPS) is 34.4. The summed E-state index contributed by atoms with van der Waals surface area (Å²) in [6, 6.07) is 3.38. The Labute approximate surface area is 163 Å². The summed E-state index contributed by atoms with van der Waals surface area (Å²) in [4.78, 5) is 18.3. The number of amides is 1. The van der Waals surface area contributed by atoms with Crippen molar-refractivity contribution in [3.05, 3.63) is 18.0 Å². The third kappa shape index (κ3) is 2.68. The van der Waals surface area contributed by atoms with Crippen molar-refractivity contribution in [1.29, 1.82) is 0 Å². The monoisotopic (exact) mass is 370 g/mol. The summed E-state index contributed by atoms with van der Waals surface area (Å²) in [6.07, 6.45) is 10.5. The summed E-state index contributed by atoms with van der Waals surface area (Å²) in [7, 11) is 0. The molecule has 1 aromatic rings. The Bertz CT molecular complexity index is 705. The van der Waals surface area contributed by atoms with Crippen molar-refractivity contribution in [1.82, 2.24) is 19.6 Å². The lowest BCUT2D eigenvalue weighted by Gasteiger charge is -2.49. The predicted octanol–water partition coefficient (Wildman–Crippen LogP) is 3.22. The Balaban J connectivity index is 1.36. The Morgan fingerprint density at radius 1 is 1.15 bits per heavy atom. The zero-order valence-corrected chi connectivity index (χ0v) is 16.9. The first kappa shape index (κ1) is 17.7. The van der Waals surface area contributed by atoms with Crippen LogP contribution in [0.25, 0.3) is 0 Å². The van der Waals surface area contributed by atoms with Gasteiger partial charge in [-0.05, 0) is 70.8 Å². The van der Waals surface area contributed by atoms with Gasteiger partial charge in [0, 0.05) is 49.5 Å². The van der Waals surface area contributed by atoms with Crippen molar-refractivity contribution >= 4 is 5.91 Å². The quantitative estimate of drug-likeness (QED) is 0.817. The maximum absolute atomic E-state index is 13.6. The first-order chi connectivity index (χ1) is 13.1. The van der Waals surface area contributed by atoms with Crippen molar-refractivity contribution in [2.45, 2.75) is 76.3 Å². The minimum atomic E-state index is 0.0812. The Hall–Kier alpha value is -1.36. The van der Waals surface area contributed by atoms with E-state index in [1.807, 2.05) is 6.20 Å². The molecule has 6 rings (SSSR count). The van der Waals surface area contributed by atoms with Crippen LogP contribution in [-0.2, 0) is 10.2 Å². The molecule has 4 saturated carbocycles. The van der Waals surface area contributed by atoms with E-state index in [0.717, 1.165) is 32.6 Å². The molecule has 1 saturated heterocycles. The van der Waals surface area contributed by atoms with Crippen molar-refractivity contribution in [3.63, 3.8) is 0 Å². The molecule has 2 bridgehead atoms. The number of hydrogen-bond acceptors (Lipinski definition) is 3. The van der Waals surface area contributed by atoms with Gasteiger partial charge >= 0.3 is 0 Å². The molecule has 4 aliphatic carbocycles. The van der Waals surface area contributed by atoms with Crippen LogP contribution in [0, 0.1) is 11.8 Å². The molecular weight excluding hydrogens is 336 g/mol. The molecule has 1 aliphatic heterocycles. The van der Waals surface area contributed by atoms with Gasteiger partial charge in [0.1, 0.15) is 0 Å². The van der Waals surface area contributed by atoms with E-state index >= 15 is 0 Å². The Morgan fingerprint density at radius 2 is 2.00 bits per heavy atom. The first-order valence-electron chi connectivity index (χ1n) is 11.2. The number of nitrogens with zero attached hydrogens (tertiary/aromatic N) is 4. The zero-order valence-electron chi connectivity index (χ0n) is 16.9. The van der Waals surface area contributed by atoms with E-state index in [9.17, 15) is 4.79 Å². The van der Waals surface area contributed by atoms with Crippen molar-refractivity contribution in [2.24, 2.45) is 11.8 Å². The lowest BCUT2D eigenvalue weighted by molar-refractivity contribution is -0.144. The van der Waals surface area contributed by atoms with Crippen LogP contribution in [0.5, 0.6) is 0 Å². The van der Waals surface area contributed by atoms with E-state index in [0.29, 0.717) is 23.9 Å². The fourth-order valence-electron chi connectivity index (χ4n) is 6.30. The molecule has 0 radical (unpaired) electrons.